The molecule has 1 aliphatic rings. The number of nitrogens with zero attached hydrogens (tertiary/aromatic N) is 1. The second kappa shape index (κ2) is 7.31. The molecule has 2 aromatic carbocycles. The summed E-state index contributed by atoms with van der Waals surface area (Å²) in [6.07, 6.45) is 3.29. The minimum atomic E-state index is -0.961. The van der Waals surface area contributed by atoms with Crippen molar-refractivity contribution in [2.75, 3.05) is 4.90 Å². The molecule has 0 spiro atoms. The van der Waals surface area contributed by atoms with Crippen LogP contribution in [0.5, 0.6) is 0 Å². The van der Waals surface area contributed by atoms with Gasteiger partial charge in [-0.3, -0.25) is 19.3 Å². The summed E-state index contributed by atoms with van der Waals surface area (Å²) in [5.41, 5.74) is 1.56. The maximum atomic E-state index is 13.0. The number of hydrogen-bond acceptors (Lipinski definition) is 3. The predicted molar refractivity (Wildman–Crippen MR) is 106 cm³/mol. The number of hydrogen-bond donors (Lipinski definition) is 0. The number of aryl methyl sites for hydroxylation is 1. The largest absolute Gasteiger partial charge is 0.294 e. The number of amides is 2. The van der Waals surface area contributed by atoms with Crippen LogP contribution in [0.15, 0.2) is 60.7 Å². The number of anilines is 1. The van der Waals surface area contributed by atoms with Gasteiger partial charge in [0.05, 0.1) is 11.6 Å². The van der Waals surface area contributed by atoms with Crippen molar-refractivity contribution in [3.05, 3.63) is 71.8 Å². The lowest BCUT2D eigenvalue weighted by molar-refractivity contribution is -0.132. The van der Waals surface area contributed by atoms with Gasteiger partial charge in [0, 0.05) is 11.8 Å². The molecule has 4 nitrogen and oxygen atoms in total. The van der Waals surface area contributed by atoms with Gasteiger partial charge in [0.2, 0.25) is 11.8 Å². The zero-order valence-electron chi connectivity index (χ0n) is 15.8. The SMILES string of the molecule is Cc1ccc(N2C(=O)C[C@H](C(C)(C)C(=O)/C=C/c3ccccc3)C2=O)cc1. The molecule has 1 atom stereocenters. The smallest absolute Gasteiger partial charge is 0.238 e. The lowest BCUT2D eigenvalue weighted by Crippen LogP contribution is -2.38. The van der Waals surface area contributed by atoms with E-state index in [2.05, 4.69) is 0 Å². The van der Waals surface area contributed by atoms with Gasteiger partial charge >= 0.3 is 0 Å². The van der Waals surface area contributed by atoms with Crippen LogP contribution in [-0.2, 0) is 14.4 Å². The van der Waals surface area contributed by atoms with Crippen molar-refractivity contribution in [2.45, 2.75) is 27.2 Å². The molecule has 0 bridgehead atoms. The molecule has 1 fully saturated rings. The Morgan fingerprint density at radius 2 is 1.67 bits per heavy atom. The van der Waals surface area contributed by atoms with Gasteiger partial charge in [-0.25, -0.2) is 0 Å². The van der Waals surface area contributed by atoms with Gasteiger partial charge < -0.3 is 0 Å². The molecule has 3 rings (SSSR count). The lowest BCUT2D eigenvalue weighted by atomic mass is 9.74. The third kappa shape index (κ3) is 3.75. The minimum Gasteiger partial charge on any atom is -0.294 e. The Hall–Kier alpha value is -3.01. The van der Waals surface area contributed by atoms with Crippen LogP contribution in [0.4, 0.5) is 5.69 Å². The molecule has 4 heteroatoms. The van der Waals surface area contributed by atoms with Crippen LogP contribution >= 0.6 is 0 Å². The van der Waals surface area contributed by atoms with Gasteiger partial charge in [0.15, 0.2) is 5.78 Å². The number of carbonyl (C=O) groups is 3. The van der Waals surface area contributed by atoms with Crippen molar-refractivity contribution in [1.29, 1.82) is 0 Å². The van der Waals surface area contributed by atoms with E-state index >= 15 is 0 Å². The topological polar surface area (TPSA) is 54.5 Å². The van der Waals surface area contributed by atoms with Crippen LogP contribution in [-0.4, -0.2) is 17.6 Å². The third-order valence-electron chi connectivity index (χ3n) is 5.17. The van der Waals surface area contributed by atoms with E-state index in [-0.39, 0.29) is 24.0 Å². The Morgan fingerprint density at radius 3 is 2.30 bits per heavy atom. The normalized spacial score (nSPS) is 17.7. The summed E-state index contributed by atoms with van der Waals surface area (Å²) in [4.78, 5) is 39.5. The molecular weight excluding hydrogens is 338 g/mol. The number of rotatable bonds is 5. The highest BCUT2D eigenvalue weighted by atomic mass is 16.2. The summed E-state index contributed by atoms with van der Waals surface area (Å²) in [6.45, 7) is 5.42. The van der Waals surface area contributed by atoms with E-state index in [1.54, 1.807) is 32.1 Å². The minimum absolute atomic E-state index is 0.0463. The van der Waals surface area contributed by atoms with E-state index in [4.69, 9.17) is 0 Å². The number of allylic oxidation sites excluding steroid dienone is 1. The summed E-state index contributed by atoms with van der Waals surface area (Å²) >= 11 is 0. The van der Waals surface area contributed by atoms with E-state index in [1.807, 2.05) is 49.4 Å². The molecule has 0 saturated carbocycles. The molecule has 2 aromatic rings. The van der Waals surface area contributed by atoms with Crippen LogP contribution in [0.1, 0.15) is 31.4 Å². The number of carbonyl (C=O) groups excluding carboxylic acids is 3. The number of benzene rings is 2. The van der Waals surface area contributed by atoms with E-state index in [1.165, 1.54) is 11.0 Å². The molecule has 2 amide bonds. The molecule has 1 heterocycles. The van der Waals surface area contributed by atoms with Crippen molar-refractivity contribution in [2.24, 2.45) is 11.3 Å². The molecular formula is C23H23NO3. The number of imide groups is 1. The summed E-state index contributed by atoms with van der Waals surface area (Å²) < 4.78 is 0. The van der Waals surface area contributed by atoms with Crippen molar-refractivity contribution < 1.29 is 14.4 Å². The molecule has 0 radical (unpaired) electrons. The quantitative estimate of drug-likeness (QED) is 0.593. The molecule has 1 saturated heterocycles. The summed E-state index contributed by atoms with van der Waals surface area (Å²) in [5, 5.41) is 0. The molecule has 27 heavy (non-hydrogen) atoms. The van der Waals surface area contributed by atoms with Crippen molar-refractivity contribution >= 4 is 29.4 Å². The monoisotopic (exact) mass is 361 g/mol. The van der Waals surface area contributed by atoms with Crippen LogP contribution in [0.2, 0.25) is 0 Å². The standard InChI is InChI=1S/C23H23NO3/c1-16-9-12-18(13-10-16)24-21(26)15-19(22(24)27)23(2,3)20(25)14-11-17-7-5-4-6-8-17/h4-14,19H,15H2,1-3H3/b14-11+/t19-/m0/s1. The fourth-order valence-electron chi connectivity index (χ4n) is 3.28. The molecule has 1 aliphatic heterocycles. The highest BCUT2D eigenvalue weighted by Gasteiger charge is 2.49. The molecule has 0 aliphatic carbocycles. The predicted octanol–water partition coefficient (Wildman–Crippen LogP) is 4.18. The third-order valence-corrected chi connectivity index (χ3v) is 5.17. The average molecular weight is 361 g/mol. The fourth-order valence-corrected chi connectivity index (χ4v) is 3.28. The lowest BCUT2D eigenvalue weighted by Gasteiger charge is -2.27. The highest BCUT2D eigenvalue weighted by molar-refractivity contribution is 6.22. The van der Waals surface area contributed by atoms with Crippen molar-refractivity contribution in [3.8, 4) is 0 Å². The van der Waals surface area contributed by atoms with E-state index < -0.39 is 11.3 Å². The van der Waals surface area contributed by atoms with Gasteiger partial charge in [0.1, 0.15) is 0 Å². The van der Waals surface area contributed by atoms with Gasteiger partial charge in [-0.1, -0.05) is 68.0 Å². The van der Waals surface area contributed by atoms with Gasteiger partial charge in [0.25, 0.3) is 0 Å². The first-order valence-electron chi connectivity index (χ1n) is 9.02. The maximum Gasteiger partial charge on any atom is 0.238 e. The summed E-state index contributed by atoms with van der Waals surface area (Å²) in [7, 11) is 0. The molecule has 0 aromatic heterocycles. The Kier molecular flexibility index (Phi) is 5.08. The number of ketones is 1. The first-order valence-corrected chi connectivity index (χ1v) is 9.02. The summed E-state index contributed by atoms with van der Waals surface area (Å²) in [6, 6.07) is 16.8. The first-order chi connectivity index (χ1) is 12.8. The van der Waals surface area contributed by atoms with Crippen LogP contribution in [0, 0.1) is 18.3 Å². The van der Waals surface area contributed by atoms with Crippen LogP contribution < -0.4 is 4.90 Å². The highest BCUT2D eigenvalue weighted by Crippen LogP contribution is 2.39. The van der Waals surface area contributed by atoms with E-state index in [0.717, 1.165) is 11.1 Å². The van der Waals surface area contributed by atoms with Gasteiger partial charge in [-0.15, -0.1) is 0 Å². The van der Waals surface area contributed by atoms with E-state index in [0.29, 0.717) is 5.69 Å². The van der Waals surface area contributed by atoms with Crippen molar-refractivity contribution in [3.63, 3.8) is 0 Å². The van der Waals surface area contributed by atoms with Crippen LogP contribution in [0.25, 0.3) is 6.08 Å². The fraction of sp³-hybridized carbons (Fsp3) is 0.261. The molecule has 0 unspecified atom stereocenters. The zero-order valence-corrected chi connectivity index (χ0v) is 15.8. The summed E-state index contributed by atoms with van der Waals surface area (Å²) in [5.74, 6) is -1.40. The zero-order chi connectivity index (χ0) is 19.6. The van der Waals surface area contributed by atoms with Gasteiger partial charge in [-0.05, 0) is 30.7 Å². The Labute approximate surface area is 159 Å². The maximum absolute atomic E-state index is 13.0. The Balaban J connectivity index is 1.81. The van der Waals surface area contributed by atoms with Crippen molar-refractivity contribution in [1.82, 2.24) is 0 Å². The first kappa shape index (κ1) is 18.8. The Morgan fingerprint density at radius 1 is 1.04 bits per heavy atom. The second-order valence-corrected chi connectivity index (χ2v) is 7.49. The van der Waals surface area contributed by atoms with Gasteiger partial charge in [-0.2, -0.15) is 0 Å². The van der Waals surface area contributed by atoms with Crippen LogP contribution in [0.3, 0.4) is 0 Å². The average Bonchev–Trinajstić information content (AvgIpc) is 2.96. The Bertz CT molecular complexity index is 895. The molecule has 138 valence electrons. The second-order valence-electron chi connectivity index (χ2n) is 7.49. The molecule has 0 N–H and O–H groups in total. The van der Waals surface area contributed by atoms with E-state index in [9.17, 15) is 14.4 Å².